The summed E-state index contributed by atoms with van der Waals surface area (Å²) < 4.78 is 42.4. The minimum Gasteiger partial charge on any atom is -0.465 e. The largest absolute Gasteiger partial charge is 0.465 e. The normalized spacial score (nSPS) is 11.3. The number of benzene rings is 2. The molecule has 0 aliphatic heterocycles. The summed E-state index contributed by atoms with van der Waals surface area (Å²) in [4.78, 5) is 27.0. The Balaban J connectivity index is 1.77. The zero-order valence-electron chi connectivity index (χ0n) is 14.0. The number of aromatic amines is 1. The number of H-pyrrole nitrogens is 1. The number of hydrogen-bond acceptors (Lipinski definition) is 3. The van der Waals surface area contributed by atoms with Gasteiger partial charge in [0.15, 0.2) is 0 Å². The summed E-state index contributed by atoms with van der Waals surface area (Å²) >= 11 is 0. The fraction of sp³-hybridized carbons (Fsp3) is 0.111. The second-order valence-electron chi connectivity index (χ2n) is 5.61. The molecule has 6 nitrogen and oxygen atoms in total. The van der Waals surface area contributed by atoms with Crippen molar-refractivity contribution in [3.05, 3.63) is 59.8 Å². The van der Waals surface area contributed by atoms with Crippen molar-refractivity contribution in [1.29, 1.82) is 0 Å². The van der Waals surface area contributed by atoms with Gasteiger partial charge in [0.05, 0.1) is 18.2 Å². The van der Waals surface area contributed by atoms with Gasteiger partial charge in [-0.15, -0.1) is 0 Å². The molecule has 0 saturated carbocycles. The van der Waals surface area contributed by atoms with E-state index in [1.54, 1.807) is 18.3 Å². The molecule has 0 radical (unpaired) electrons. The number of fused-ring (bicyclic) bond motifs is 1. The van der Waals surface area contributed by atoms with Crippen LogP contribution in [-0.4, -0.2) is 24.1 Å². The van der Waals surface area contributed by atoms with Crippen LogP contribution in [-0.2, 0) is 10.9 Å². The van der Waals surface area contributed by atoms with Crippen LogP contribution in [0.25, 0.3) is 10.9 Å². The number of methoxy groups -OCH3 is 1. The molecule has 0 aliphatic carbocycles. The van der Waals surface area contributed by atoms with E-state index >= 15 is 0 Å². The Morgan fingerprint density at radius 3 is 2.30 bits per heavy atom. The number of carbonyl (C=O) groups excluding carboxylic acids is 2. The summed E-state index contributed by atoms with van der Waals surface area (Å²) in [6.07, 6.45) is -2.81. The van der Waals surface area contributed by atoms with E-state index < -0.39 is 23.7 Å². The predicted octanol–water partition coefficient (Wildman–Crippen LogP) is 4.62. The zero-order valence-corrected chi connectivity index (χ0v) is 14.0. The lowest BCUT2D eigenvalue weighted by Gasteiger charge is -2.11. The van der Waals surface area contributed by atoms with Gasteiger partial charge < -0.3 is 20.4 Å². The van der Waals surface area contributed by atoms with E-state index in [1.165, 1.54) is 13.2 Å². The van der Waals surface area contributed by atoms with E-state index in [4.69, 9.17) is 4.74 Å². The van der Waals surface area contributed by atoms with Crippen LogP contribution < -0.4 is 10.6 Å². The number of rotatable bonds is 3. The summed E-state index contributed by atoms with van der Waals surface area (Å²) in [6, 6.07) is 8.14. The van der Waals surface area contributed by atoms with Crippen molar-refractivity contribution in [3.8, 4) is 0 Å². The first-order valence-corrected chi connectivity index (χ1v) is 7.72. The third-order valence-corrected chi connectivity index (χ3v) is 3.80. The highest BCUT2D eigenvalue weighted by molar-refractivity contribution is 6.07. The highest BCUT2D eigenvalue weighted by Crippen LogP contribution is 2.30. The molecular formula is C18H14F3N3O3. The van der Waals surface area contributed by atoms with Crippen LogP contribution in [0.15, 0.2) is 48.7 Å². The Morgan fingerprint density at radius 1 is 1.00 bits per heavy atom. The molecule has 3 aromatic rings. The topological polar surface area (TPSA) is 83.2 Å². The molecule has 0 fully saturated rings. The molecule has 0 spiro atoms. The summed E-state index contributed by atoms with van der Waals surface area (Å²) in [5, 5.41) is 5.60. The van der Waals surface area contributed by atoms with Crippen LogP contribution in [0.1, 0.15) is 15.9 Å². The van der Waals surface area contributed by atoms with E-state index in [0.717, 1.165) is 24.3 Å². The second-order valence-corrected chi connectivity index (χ2v) is 5.61. The quantitative estimate of drug-likeness (QED) is 0.583. The number of nitrogens with one attached hydrogen (secondary N) is 3. The molecule has 3 N–H and O–H groups in total. The number of esters is 1. The van der Waals surface area contributed by atoms with Gasteiger partial charge in [0.25, 0.3) is 0 Å². The smallest absolute Gasteiger partial charge is 0.416 e. The second kappa shape index (κ2) is 7.02. The molecule has 1 aromatic heterocycles. The molecule has 0 unspecified atom stereocenters. The molecule has 2 aromatic carbocycles. The van der Waals surface area contributed by atoms with E-state index in [9.17, 15) is 22.8 Å². The minimum absolute atomic E-state index is 0.189. The molecule has 9 heteroatoms. The molecule has 0 bridgehead atoms. The fourth-order valence-electron chi connectivity index (χ4n) is 2.55. The first-order chi connectivity index (χ1) is 12.8. The highest BCUT2D eigenvalue weighted by Gasteiger charge is 2.30. The molecule has 27 heavy (non-hydrogen) atoms. The maximum Gasteiger partial charge on any atom is 0.416 e. The summed E-state index contributed by atoms with van der Waals surface area (Å²) in [7, 11) is 1.25. The number of anilines is 2. The van der Waals surface area contributed by atoms with Gasteiger partial charge in [-0.25, -0.2) is 9.59 Å². The molecular weight excluding hydrogens is 363 g/mol. The van der Waals surface area contributed by atoms with Gasteiger partial charge in [-0.1, -0.05) is 0 Å². The van der Waals surface area contributed by atoms with Gasteiger partial charge in [-0.2, -0.15) is 13.2 Å². The predicted molar refractivity (Wildman–Crippen MR) is 93.7 cm³/mol. The first kappa shape index (κ1) is 18.3. The third-order valence-electron chi connectivity index (χ3n) is 3.80. The monoisotopic (exact) mass is 377 g/mol. The Labute approximate surface area is 151 Å². The minimum atomic E-state index is -4.45. The molecule has 3 rings (SSSR count). The van der Waals surface area contributed by atoms with Crippen molar-refractivity contribution >= 4 is 34.3 Å². The van der Waals surface area contributed by atoms with Gasteiger partial charge in [0.1, 0.15) is 0 Å². The highest BCUT2D eigenvalue weighted by atomic mass is 19.4. The van der Waals surface area contributed by atoms with Crippen molar-refractivity contribution in [1.82, 2.24) is 4.98 Å². The maximum atomic E-state index is 12.6. The van der Waals surface area contributed by atoms with Crippen LogP contribution in [0.2, 0.25) is 0 Å². The number of carbonyl (C=O) groups is 2. The van der Waals surface area contributed by atoms with Gasteiger partial charge in [0.2, 0.25) is 0 Å². The standard InChI is InChI=1S/C18H14F3N3O3/c1-27-16(25)14-8-12(9-15-13(14)6-7-22-15)24-17(26)23-11-4-2-10(3-5-11)18(19,20)21/h2-9,22H,1H3,(H2,23,24,26). The van der Waals surface area contributed by atoms with Crippen molar-refractivity contribution in [2.45, 2.75) is 6.18 Å². The number of alkyl halides is 3. The average molecular weight is 377 g/mol. The third kappa shape index (κ3) is 4.02. The number of aromatic nitrogens is 1. The SMILES string of the molecule is COC(=O)c1cc(NC(=O)Nc2ccc(C(F)(F)F)cc2)cc2[nH]ccc12. The van der Waals surface area contributed by atoms with Crippen LogP contribution in [0.4, 0.5) is 29.3 Å². The van der Waals surface area contributed by atoms with Gasteiger partial charge >= 0.3 is 18.2 Å². The molecule has 140 valence electrons. The lowest BCUT2D eigenvalue weighted by atomic mass is 10.1. The zero-order chi connectivity index (χ0) is 19.6. The van der Waals surface area contributed by atoms with E-state index in [-0.39, 0.29) is 11.3 Å². The maximum absolute atomic E-state index is 12.6. The average Bonchev–Trinajstić information content (AvgIpc) is 3.08. The Bertz CT molecular complexity index is 994. The molecule has 1 heterocycles. The van der Waals surface area contributed by atoms with E-state index in [2.05, 4.69) is 15.6 Å². The van der Waals surface area contributed by atoms with Crippen molar-refractivity contribution < 1.29 is 27.5 Å². The molecule has 0 aliphatic rings. The van der Waals surface area contributed by atoms with Gasteiger partial charge in [-0.05, 0) is 42.5 Å². The van der Waals surface area contributed by atoms with E-state index in [1.807, 2.05) is 0 Å². The van der Waals surface area contributed by atoms with Crippen LogP contribution in [0, 0.1) is 0 Å². The summed E-state index contributed by atoms with van der Waals surface area (Å²) in [6.45, 7) is 0. The first-order valence-electron chi connectivity index (χ1n) is 7.72. The van der Waals surface area contributed by atoms with Gasteiger partial charge in [-0.3, -0.25) is 0 Å². The lowest BCUT2D eigenvalue weighted by Crippen LogP contribution is -2.20. The Hall–Kier alpha value is -3.49. The lowest BCUT2D eigenvalue weighted by molar-refractivity contribution is -0.137. The summed E-state index contributed by atoms with van der Waals surface area (Å²) in [5.41, 5.74) is 0.571. The van der Waals surface area contributed by atoms with Gasteiger partial charge in [0, 0.05) is 28.5 Å². The summed E-state index contributed by atoms with van der Waals surface area (Å²) in [5.74, 6) is -0.564. The molecule has 0 atom stereocenters. The number of hydrogen-bond donors (Lipinski definition) is 3. The number of amides is 2. The van der Waals surface area contributed by atoms with E-state index in [0.29, 0.717) is 16.6 Å². The number of ether oxygens (including phenoxy) is 1. The fourth-order valence-corrected chi connectivity index (χ4v) is 2.55. The Kier molecular flexibility index (Phi) is 4.76. The van der Waals surface area contributed by atoms with Crippen molar-refractivity contribution in [3.63, 3.8) is 0 Å². The van der Waals surface area contributed by atoms with Crippen molar-refractivity contribution in [2.24, 2.45) is 0 Å². The molecule has 2 amide bonds. The van der Waals surface area contributed by atoms with Crippen LogP contribution >= 0.6 is 0 Å². The number of halogens is 3. The van der Waals surface area contributed by atoms with Crippen molar-refractivity contribution in [2.75, 3.05) is 17.7 Å². The number of urea groups is 1. The Morgan fingerprint density at radius 2 is 1.67 bits per heavy atom. The molecule has 0 saturated heterocycles. The van der Waals surface area contributed by atoms with Crippen LogP contribution in [0.3, 0.4) is 0 Å². The van der Waals surface area contributed by atoms with Crippen LogP contribution in [0.5, 0.6) is 0 Å².